The minimum Gasteiger partial charge on any atom is -0.434 e. The normalized spacial score (nSPS) is 16.0. The van der Waals surface area contributed by atoms with Gasteiger partial charge >= 0.3 is 6.61 Å². The highest BCUT2D eigenvalue weighted by atomic mass is 127. The van der Waals surface area contributed by atoms with Crippen LogP contribution >= 0.6 is 35.6 Å². The first-order valence-electron chi connectivity index (χ1n) is 8.55. The molecule has 9 heteroatoms. The van der Waals surface area contributed by atoms with Crippen LogP contribution in [0.15, 0.2) is 35.8 Å². The number of hydrogen-bond acceptors (Lipinski definition) is 3. The van der Waals surface area contributed by atoms with E-state index in [1.54, 1.807) is 13.1 Å². The number of alkyl halides is 2. The molecule has 1 heterocycles. The molecule has 1 aliphatic heterocycles. The number of halogens is 4. The Hall–Kier alpha value is -1.13. The summed E-state index contributed by atoms with van der Waals surface area (Å²) in [7, 11) is 1.68. The van der Waals surface area contributed by atoms with Crippen molar-refractivity contribution in [3.8, 4) is 5.75 Å². The third kappa shape index (κ3) is 8.18. The molecule has 5 nitrogen and oxygen atoms in total. The first-order valence-corrected chi connectivity index (χ1v) is 8.93. The molecular weight excluding hydrogens is 489 g/mol. The average Bonchev–Trinajstić information content (AvgIpc) is 2.62. The van der Waals surface area contributed by atoms with Crippen LogP contribution in [-0.2, 0) is 6.54 Å². The number of hydrogen-bond donors (Lipinski definition) is 2. The molecule has 0 saturated carbocycles. The van der Waals surface area contributed by atoms with Crippen LogP contribution in [0, 0.1) is 0 Å². The third-order valence-electron chi connectivity index (χ3n) is 4.22. The molecule has 0 radical (unpaired) electrons. The molecule has 0 bridgehead atoms. The highest BCUT2D eigenvalue weighted by Crippen LogP contribution is 2.24. The summed E-state index contributed by atoms with van der Waals surface area (Å²) < 4.78 is 29.6. The second kappa shape index (κ2) is 12.4. The van der Waals surface area contributed by atoms with Crippen LogP contribution in [0.2, 0.25) is 5.02 Å². The van der Waals surface area contributed by atoms with Gasteiger partial charge in [-0.2, -0.15) is 8.78 Å². The molecule has 152 valence electrons. The highest BCUT2D eigenvalue weighted by Gasteiger charge is 2.19. The van der Waals surface area contributed by atoms with Gasteiger partial charge in [0.25, 0.3) is 0 Å². The molecule has 2 N–H and O–H groups in total. The van der Waals surface area contributed by atoms with Crippen LogP contribution in [-0.4, -0.2) is 50.2 Å². The number of ether oxygens (including phenoxy) is 1. The second-order valence-electron chi connectivity index (χ2n) is 6.06. The summed E-state index contributed by atoms with van der Waals surface area (Å²) >= 11 is 5.97. The summed E-state index contributed by atoms with van der Waals surface area (Å²) in [5.41, 5.74) is 0.543. The number of piperidine rings is 1. The van der Waals surface area contributed by atoms with Crippen molar-refractivity contribution in [2.75, 3.05) is 26.7 Å². The van der Waals surface area contributed by atoms with Gasteiger partial charge in [0.15, 0.2) is 5.96 Å². The Kier molecular flexibility index (Phi) is 10.9. The first kappa shape index (κ1) is 23.9. The molecule has 1 fully saturated rings. The fourth-order valence-corrected chi connectivity index (χ4v) is 3.10. The molecule has 1 aromatic rings. The van der Waals surface area contributed by atoms with Gasteiger partial charge in [-0.05, 0) is 31.0 Å². The van der Waals surface area contributed by atoms with Gasteiger partial charge in [-0.1, -0.05) is 17.7 Å². The lowest BCUT2D eigenvalue weighted by atomic mass is 10.1. The summed E-state index contributed by atoms with van der Waals surface area (Å²) in [5, 5.41) is 6.97. The quantitative estimate of drug-likeness (QED) is 0.251. The van der Waals surface area contributed by atoms with Crippen LogP contribution in [0.4, 0.5) is 8.78 Å². The Morgan fingerprint density at radius 1 is 1.44 bits per heavy atom. The minimum atomic E-state index is -2.88. The van der Waals surface area contributed by atoms with Gasteiger partial charge in [-0.25, -0.2) is 0 Å². The Balaban J connectivity index is 0.00000364. The van der Waals surface area contributed by atoms with Crippen LogP contribution in [0.5, 0.6) is 5.75 Å². The van der Waals surface area contributed by atoms with Crippen molar-refractivity contribution in [3.05, 3.63) is 41.4 Å². The zero-order valence-corrected chi connectivity index (χ0v) is 18.3. The lowest BCUT2D eigenvalue weighted by Crippen LogP contribution is -2.48. The lowest BCUT2D eigenvalue weighted by Gasteiger charge is -2.32. The Morgan fingerprint density at radius 3 is 2.74 bits per heavy atom. The molecule has 0 atom stereocenters. The maximum Gasteiger partial charge on any atom is 0.387 e. The SMILES string of the molecule is C=CCN1CCC(NC(=NC)NCc2cc(Cl)ccc2OC(F)F)CC1.I. The number of nitrogens with one attached hydrogen (secondary N) is 2. The van der Waals surface area contributed by atoms with Gasteiger partial charge in [0.2, 0.25) is 0 Å². The average molecular weight is 515 g/mol. The zero-order valence-electron chi connectivity index (χ0n) is 15.3. The molecular formula is C18H26ClF2IN4O. The van der Waals surface area contributed by atoms with Crippen LogP contribution in [0.1, 0.15) is 18.4 Å². The van der Waals surface area contributed by atoms with Gasteiger partial charge < -0.3 is 15.4 Å². The Labute approximate surface area is 181 Å². The molecule has 1 saturated heterocycles. The van der Waals surface area contributed by atoms with Crippen molar-refractivity contribution >= 4 is 41.5 Å². The molecule has 2 rings (SSSR count). The highest BCUT2D eigenvalue weighted by molar-refractivity contribution is 14.0. The lowest BCUT2D eigenvalue weighted by molar-refractivity contribution is -0.0504. The second-order valence-corrected chi connectivity index (χ2v) is 6.50. The third-order valence-corrected chi connectivity index (χ3v) is 4.46. The van der Waals surface area contributed by atoms with Gasteiger partial charge in [-0.15, -0.1) is 30.6 Å². The number of likely N-dealkylation sites (tertiary alicyclic amines) is 1. The van der Waals surface area contributed by atoms with Crippen LogP contribution in [0.25, 0.3) is 0 Å². The minimum absolute atomic E-state index is 0. The van der Waals surface area contributed by atoms with Crippen molar-refractivity contribution in [1.82, 2.24) is 15.5 Å². The number of guanidine groups is 1. The van der Waals surface area contributed by atoms with E-state index in [1.165, 1.54) is 12.1 Å². The van der Waals surface area contributed by atoms with Gasteiger partial charge in [0, 0.05) is 49.9 Å². The molecule has 27 heavy (non-hydrogen) atoms. The molecule has 0 amide bonds. The summed E-state index contributed by atoms with van der Waals surface area (Å²) in [6, 6.07) is 4.88. The number of rotatable bonds is 7. The van der Waals surface area contributed by atoms with E-state index in [0.29, 0.717) is 22.6 Å². The van der Waals surface area contributed by atoms with E-state index in [4.69, 9.17) is 11.6 Å². The number of benzene rings is 1. The molecule has 1 aromatic carbocycles. The van der Waals surface area contributed by atoms with E-state index in [1.807, 2.05) is 6.08 Å². The summed E-state index contributed by atoms with van der Waals surface area (Å²) in [6.07, 6.45) is 3.93. The maximum absolute atomic E-state index is 12.5. The summed E-state index contributed by atoms with van der Waals surface area (Å²) in [6.45, 7) is 4.07. The number of aliphatic imine (C=N–C) groups is 1. The molecule has 0 unspecified atom stereocenters. The van der Waals surface area contributed by atoms with Crippen LogP contribution in [0.3, 0.4) is 0 Å². The molecule has 0 aromatic heterocycles. The van der Waals surface area contributed by atoms with Gasteiger partial charge in [0.1, 0.15) is 5.75 Å². The smallest absolute Gasteiger partial charge is 0.387 e. The topological polar surface area (TPSA) is 48.9 Å². The largest absolute Gasteiger partial charge is 0.434 e. The monoisotopic (exact) mass is 514 g/mol. The summed E-state index contributed by atoms with van der Waals surface area (Å²) in [4.78, 5) is 6.56. The van der Waals surface area contributed by atoms with Crippen molar-refractivity contribution in [3.63, 3.8) is 0 Å². The van der Waals surface area contributed by atoms with E-state index >= 15 is 0 Å². The standard InChI is InChI=1S/C18H25ClF2N4O.HI/c1-3-8-25-9-6-15(7-10-25)24-18(22-2)23-12-13-11-14(19)4-5-16(13)26-17(20)21;/h3-5,11,15,17H,1,6-10,12H2,2H3,(H2,22,23,24);1H. The fourth-order valence-electron chi connectivity index (χ4n) is 2.91. The number of nitrogens with zero attached hydrogens (tertiary/aromatic N) is 2. The van der Waals surface area contributed by atoms with Gasteiger partial charge in [-0.3, -0.25) is 9.89 Å². The van der Waals surface area contributed by atoms with Crippen molar-refractivity contribution in [1.29, 1.82) is 0 Å². The summed E-state index contributed by atoms with van der Waals surface area (Å²) in [5.74, 6) is 0.722. The van der Waals surface area contributed by atoms with Crippen molar-refractivity contribution in [2.45, 2.75) is 32.0 Å². The van der Waals surface area contributed by atoms with Crippen molar-refractivity contribution in [2.24, 2.45) is 4.99 Å². The van der Waals surface area contributed by atoms with Crippen molar-refractivity contribution < 1.29 is 13.5 Å². The van der Waals surface area contributed by atoms with Crippen LogP contribution < -0.4 is 15.4 Å². The zero-order chi connectivity index (χ0) is 18.9. The Bertz CT molecular complexity index is 625. The van der Waals surface area contributed by atoms with E-state index in [2.05, 4.69) is 31.8 Å². The predicted octanol–water partition coefficient (Wildman–Crippen LogP) is 3.87. The van der Waals surface area contributed by atoms with E-state index in [0.717, 1.165) is 32.5 Å². The fraction of sp³-hybridized carbons (Fsp3) is 0.500. The molecule has 0 spiro atoms. The predicted molar refractivity (Wildman–Crippen MR) is 116 cm³/mol. The van der Waals surface area contributed by atoms with E-state index < -0.39 is 6.61 Å². The van der Waals surface area contributed by atoms with Gasteiger partial charge in [0.05, 0.1) is 0 Å². The Morgan fingerprint density at radius 2 is 2.15 bits per heavy atom. The molecule has 1 aliphatic rings. The van der Waals surface area contributed by atoms with E-state index in [-0.39, 0.29) is 36.3 Å². The first-order chi connectivity index (χ1) is 12.5. The molecule has 0 aliphatic carbocycles. The van der Waals surface area contributed by atoms with E-state index in [9.17, 15) is 8.78 Å². The maximum atomic E-state index is 12.5.